The van der Waals surface area contributed by atoms with Crippen molar-refractivity contribution in [2.24, 2.45) is 0 Å². The monoisotopic (exact) mass is 258 g/mol. The van der Waals surface area contributed by atoms with E-state index in [-0.39, 0.29) is 5.97 Å². The molecule has 3 heteroatoms. The number of hydrogen-bond acceptors (Lipinski definition) is 2. The van der Waals surface area contributed by atoms with Gasteiger partial charge in [0.2, 0.25) is 0 Å². The lowest BCUT2D eigenvalue weighted by atomic mass is 10.1. The molecule has 0 N–H and O–H groups in total. The molecule has 0 amide bonds. The lowest BCUT2D eigenvalue weighted by Gasteiger charge is -2.27. The smallest absolute Gasteiger partial charge is 0.292 e. The molecular weight excluding hydrogens is 228 g/mol. The number of carbonyl (C=O) groups excluding carboxylic acids is 1. The Labute approximate surface area is 108 Å². The molecule has 0 saturated carbocycles. The number of hydrogen-bond donors (Lipinski definition) is 0. The maximum Gasteiger partial charge on any atom is 0.292 e. The van der Waals surface area contributed by atoms with Gasteiger partial charge in [0.15, 0.2) is 0 Å². The van der Waals surface area contributed by atoms with E-state index in [0.29, 0.717) is 6.42 Å². The van der Waals surface area contributed by atoms with E-state index in [4.69, 9.17) is 4.43 Å². The Kier molecular flexibility index (Phi) is 9.51. The van der Waals surface area contributed by atoms with Crippen molar-refractivity contribution in [1.82, 2.24) is 0 Å². The van der Waals surface area contributed by atoms with Gasteiger partial charge in [-0.25, -0.2) is 0 Å². The van der Waals surface area contributed by atoms with Crippen molar-refractivity contribution in [2.45, 2.75) is 84.4 Å². The molecule has 0 aromatic heterocycles. The van der Waals surface area contributed by atoms with Gasteiger partial charge in [-0.1, -0.05) is 53.4 Å². The molecule has 102 valence electrons. The van der Waals surface area contributed by atoms with Gasteiger partial charge in [-0.3, -0.25) is 4.79 Å². The van der Waals surface area contributed by atoms with Crippen LogP contribution in [0.3, 0.4) is 0 Å². The standard InChI is InChI=1S/C14H30O2Si/c1-5-9-10-11-12-13-14(15)16-17(6-2,7-3)8-4/h5-13H2,1-4H3. The Morgan fingerprint density at radius 3 is 1.88 bits per heavy atom. The second-order valence-electron chi connectivity index (χ2n) is 4.88. The zero-order valence-electron chi connectivity index (χ0n) is 12.2. The molecule has 0 unspecified atom stereocenters. The molecule has 2 nitrogen and oxygen atoms in total. The van der Waals surface area contributed by atoms with E-state index in [1.807, 2.05) is 0 Å². The van der Waals surface area contributed by atoms with Gasteiger partial charge in [0, 0.05) is 6.42 Å². The maximum atomic E-state index is 11.8. The van der Waals surface area contributed by atoms with Crippen LogP contribution in [-0.2, 0) is 9.22 Å². The Hall–Kier alpha value is -0.313. The summed E-state index contributed by atoms with van der Waals surface area (Å²) in [5.74, 6) is 0.0544. The van der Waals surface area contributed by atoms with E-state index >= 15 is 0 Å². The largest absolute Gasteiger partial charge is 0.519 e. The first-order chi connectivity index (χ1) is 8.14. The Bertz CT molecular complexity index is 192. The predicted octanol–water partition coefficient (Wildman–Crippen LogP) is 4.90. The summed E-state index contributed by atoms with van der Waals surface area (Å²) in [6.45, 7) is 8.69. The van der Waals surface area contributed by atoms with Crippen molar-refractivity contribution in [3.05, 3.63) is 0 Å². The number of rotatable bonds is 10. The highest BCUT2D eigenvalue weighted by atomic mass is 28.4. The molecule has 0 radical (unpaired) electrons. The summed E-state index contributed by atoms with van der Waals surface area (Å²) in [5, 5.41) is 0. The summed E-state index contributed by atoms with van der Waals surface area (Å²) in [6.07, 6.45) is 6.58. The van der Waals surface area contributed by atoms with Gasteiger partial charge in [0.25, 0.3) is 14.3 Å². The number of unbranched alkanes of at least 4 members (excludes halogenated alkanes) is 4. The molecule has 0 aliphatic heterocycles. The summed E-state index contributed by atoms with van der Waals surface area (Å²) in [4.78, 5) is 11.8. The third kappa shape index (κ3) is 6.87. The van der Waals surface area contributed by atoms with Crippen LogP contribution in [0.15, 0.2) is 0 Å². The molecule has 0 atom stereocenters. The van der Waals surface area contributed by atoms with Crippen LogP contribution in [0, 0.1) is 0 Å². The third-order valence-electron chi connectivity index (χ3n) is 3.75. The van der Waals surface area contributed by atoms with E-state index < -0.39 is 8.32 Å². The van der Waals surface area contributed by atoms with Gasteiger partial charge in [0.05, 0.1) is 0 Å². The van der Waals surface area contributed by atoms with E-state index in [0.717, 1.165) is 24.6 Å². The van der Waals surface area contributed by atoms with Crippen LogP contribution in [-0.4, -0.2) is 14.3 Å². The highest BCUT2D eigenvalue weighted by Gasteiger charge is 2.32. The van der Waals surface area contributed by atoms with E-state index in [1.54, 1.807) is 0 Å². The Balaban J connectivity index is 3.83. The second-order valence-corrected chi connectivity index (χ2v) is 9.57. The lowest BCUT2D eigenvalue weighted by Crippen LogP contribution is -2.38. The van der Waals surface area contributed by atoms with E-state index in [2.05, 4.69) is 27.7 Å². The molecule has 0 saturated heterocycles. The van der Waals surface area contributed by atoms with Gasteiger partial charge >= 0.3 is 0 Å². The molecule has 0 aliphatic rings. The molecule has 0 aromatic carbocycles. The van der Waals surface area contributed by atoms with Crippen LogP contribution < -0.4 is 0 Å². The lowest BCUT2D eigenvalue weighted by molar-refractivity contribution is -0.135. The minimum absolute atomic E-state index is 0.0544. The minimum atomic E-state index is -1.71. The predicted molar refractivity (Wildman–Crippen MR) is 76.7 cm³/mol. The van der Waals surface area contributed by atoms with Crippen LogP contribution in [0.2, 0.25) is 18.1 Å². The van der Waals surface area contributed by atoms with Crippen molar-refractivity contribution >= 4 is 14.3 Å². The van der Waals surface area contributed by atoms with Crippen molar-refractivity contribution in [1.29, 1.82) is 0 Å². The molecule has 0 spiro atoms. The Morgan fingerprint density at radius 2 is 1.41 bits per heavy atom. The molecule has 0 heterocycles. The molecule has 0 aromatic rings. The molecule has 0 fully saturated rings. The fraction of sp³-hybridized carbons (Fsp3) is 0.929. The van der Waals surface area contributed by atoms with Crippen LogP contribution >= 0.6 is 0 Å². The van der Waals surface area contributed by atoms with E-state index in [1.165, 1.54) is 25.7 Å². The fourth-order valence-corrected chi connectivity index (χ4v) is 4.65. The summed E-state index contributed by atoms with van der Waals surface area (Å²) >= 11 is 0. The first-order valence-corrected chi connectivity index (χ1v) is 9.88. The number of carbonyl (C=O) groups is 1. The quantitative estimate of drug-likeness (QED) is 0.412. The maximum absolute atomic E-state index is 11.8. The van der Waals surface area contributed by atoms with E-state index in [9.17, 15) is 4.79 Å². The van der Waals surface area contributed by atoms with Crippen LogP contribution in [0.5, 0.6) is 0 Å². The average Bonchev–Trinajstić information content (AvgIpc) is 2.36. The molecule has 17 heavy (non-hydrogen) atoms. The van der Waals surface area contributed by atoms with Crippen molar-refractivity contribution in [2.75, 3.05) is 0 Å². The van der Waals surface area contributed by atoms with Gasteiger partial charge in [-0.15, -0.1) is 0 Å². The minimum Gasteiger partial charge on any atom is -0.519 e. The van der Waals surface area contributed by atoms with Crippen LogP contribution in [0.25, 0.3) is 0 Å². The average molecular weight is 258 g/mol. The summed E-state index contributed by atoms with van der Waals surface area (Å²) in [5.41, 5.74) is 0. The van der Waals surface area contributed by atoms with Gasteiger partial charge in [-0.2, -0.15) is 0 Å². The van der Waals surface area contributed by atoms with Gasteiger partial charge in [0.1, 0.15) is 0 Å². The summed E-state index contributed by atoms with van der Waals surface area (Å²) in [7, 11) is -1.71. The topological polar surface area (TPSA) is 26.3 Å². The first-order valence-electron chi connectivity index (χ1n) is 7.36. The van der Waals surface area contributed by atoms with Crippen molar-refractivity contribution < 1.29 is 9.22 Å². The first kappa shape index (κ1) is 16.7. The molecule has 0 aliphatic carbocycles. The summed E-state index contributed by atoms with van der Waals surface area (Å²) < 4.78 is 5.79. The third-order valence-corrected chi connectivity index (χ3v) is 8.27. The molecule has 0 rings (SSSR count). The van der Waals surface area contributed by atoms with Crippen LogP contribution in [0.1, 0.15) is 66.2 Å². The molecular formula is C14H30O2Si. The second kappa shape index (κ2) is 9.69. The highest BCUT2D eigenvalue weighted by Crippen LogP contribution is 2.22. The normalized spacial score (nSPS) is 11.5. The summed E-state index contributed by atoms with van der Waals surface area (Å²) in [6, 6.07) is 3.17. The SMILES string of the molecule is CCCCCCCC(=O)O[Si](CC)(CC)CC. The van der Waals surface area contributed by atoms with Crippen molar-refractivity contribution in [3.63, 3.8) is 0 Å². The van der Waals surface area contributed by atoms with Crippen molar-refractivity contribution in [3.8, 4) is 0 Å². The Morgan fingerprint density at radius 1 is 0.882 bits per heavy atom. The van der Waals surface area contributed by atoms with Gasteiger partial charge < -0.3 is 4.43 Å². The zero-order valence-corrected chi connectivity index (χ0v) is 13.2. The fourth-order valence-electron chi connectivity index (χ4n) is 2.13. The molecule has 0 bridgehead atoms. The zero-order chi connectivity index (χ0) is 13.1. The highest BCUT2D eigenvalue weighted by molar-refractivity contribution is 6.74. The van der Waals surface area contributed by atoms with Crippen LogP contribution in [0.4, 0.5) is 0 Å². The van der Waals surface area contributed by atoms with Gasteiger partial charge in [-0.05, 0) is 24.6 Å².